The van der Waals surface area contributed by atoms with E-state index in [0.29, 0.717) is 35.1 Å². The average molecular weight is 449 g/mol. The highest BCUT2D eigenvalue weighted by Crippen LogP contribution is 2.39. The Morgan fingerprint density at radius 3 is 2.66 bits per heavy atom. The van der Waals surface area contributed by atoms with E-state index in [-0.39, 0.29) is 0 Å². The van der Waals surface area contributed by atoms with Crippen molar-refractivity contribution in [3.63, 3.8) is 0 Å². The summed E-state index contributed by atoms with van der Waals surface area (Å²) in [7, 11) is 1.50. The Morgan fingerprint density at radius 2 is 1.97 bits per heavy atom. The molecule has 0 bridgehead atoms. The van der Waals surface area contributed by atoms with Gasteiger partial charge in [0.15, 0.2) is 0 Å². The highest BCUT2D eigenvalue weighted by Gasteiger charge is 2.26. The fraction of sp³-hybridized carbons (Fsp3) is 0.167. The topological polar surface area (TPSA) is 77.3 Å². The number of hydrogen-bond acceptors (Lipinski definition) is 5. The third-order valence-electron chi connectivity index (χ3n) is 5.28. The third-order valence-corrected chi connectivity index (χ3v) is 5.51. The SMILES string of the molecule is COc1cc(N(C(=O)C=O)c2c(C)n(Cc3ccc(Cl)cn3)c3ccc(C)cc23)ccn1. The molecule has 1 aromatic carbocycles. The van der Waals surface area contributed by atoms with Crippen molar-refractivity contribution in [3.8, 4) is 5.88 Å². The molecule has 7 nitrogen and oxygen atoms in total. The molecule has 3 heterocycles. The molecular formula is C24H21ClN4O3. The minimum atomic E-state index is -0.688. The highest BCUT2D eigenvalue weighted by atomic mass is 35.5. The number of aryl methyl sites for hydroxylation is 1. The zero-order chi connectivity index (χ0) is 22.8. The summed E-state index contributed by atoms with van der Waals surface area (Å²) in [5.74, 6) is -0.347. The van der Waals surface area contributed by atoms with E-state index in [0.717, 1.165) is 27.9 Å². The molecule has 0 aliphatic rings. The smallest absolute Gasteiger partial charge is 0.295 e. The van der Waals surface area contributed by atoms with Gasteiger partial charge in [-0.25, -0.2) is 4.98 Å². The Morgan fingerprint density at radius 1 is 1.16 bits per heavy atom. The number of amides is 1. The van der Waals surface area contributed by atoms with Gasteiger partial charge in [-0.1, -0.05) is 23.2 Å². The minimum absolute atomic E-state index is 0.312. The number of pyridine rings is 2. The lowest BCUT2D eigenvalue weighted by Crippen LogP contribution is -2.27. The number of ether oxygens (including phenoxy) is 1. The number of hydrogen-bond donors (Lipinski definition) is 0. The van der Waals surface area contributed by atoms with Crippen molar-refractivity contribution in [2.45, 2.75) is 20.4 Å². The van der Waals surface area contributed by atoms with Gasteiger partial charge in [0.05, 0.1) is 41.3 Å². The molecule has 8 heteroatoms. The maximum Gasteiger partial charge on any atom is 0.295 e. The molecule has 0 aliphatic carbocycles. The van der Waals surface area contributed by atoms with Gasteiger partial charge in [-0.05, 0) is 44.2 Å². The second-order valence-corrected chi connectivity index (χ2v) is 7.79. The second kappa shape index (κ2) is 8.80. The van der Waals surface area contributed by atoms with Crippen molar-refractivity contribution in [2.24, 2.45) is 0 Å². The van der Waals surface area contributed by atoms with Gasteiger partial charge in [0.2, 0.25) is 12.2 Å². The Hall–Kier alpha value is -3.71. The van der Waals surface area contributed by atoms with Gasteiger partial charge in [-0.2, -0.15) is 0 Å². The summed E-state index contributed by atoms with van der Waals surface area (Å²) in [6.07, 6.45) is 3.46. The molecule has 0 radical (unpaired) electrons. The largest absolute Gasteiger partial charge is 0.481 e. The lowest BCUT2D eigenvalue weighted by Gasteiger charge is -2.22. The molecule has 4 aromatic rings. The lowest BCUT2D eigenvalue weighted by atomic mass is 10.1. The molecule has 0 N–H and O–H groups in total. The van der Waals surface area contributed by atoms with E-state index in [1.165, 1.54) is 18.2 Å². The monoisotopic (exact) mass is 448 g/mol. The first-order valence-electron chi connectivity index (χ1n) is 9.92. The zero-order valence-corrected chi connectivity index (χ0v) is 18.6. The number of methoxy groups -OCH3 is 1. The van der Waals surface area contributed by atoms with Gasteiger partial charge in [0.25, 0.3) is 5.91 Å². The fourth-order valence-corrected chi connectivity index (χ4v) is 3.91. The summed E-state index contributed by atoms with van der Waals surface area (Å²) in [6.45, 7) is 4.38. The first kappa shape index (κ1) is 21.5. The fourth-order valence-electron chi connectivity index (χ4n) is 3.80. The Bertz CT molecular complexity index is 1320. The van der Waals surface area contributed by atoms with Crippen molar-refractivity contribution >= 4 is 46.1 Å². The van der Waals surface area contributed by atoms with E-state index in [4.69, 9.17) is 16.3 Å². The van der Waals surface area contributed by atoms with Crippen LogP contribution in [0.3, 0.4) is 0 Å². The number of carbonyl (C=O) groups is 2. The summed E-state index contributed by atoms with van der Waals surface area (Å²) < 4.78 is 7.30. The maximum atomic E-state index is 12.9. The van der Waals surface area contributed by atoms with Crippen LogP contribution < -0.4 is 9.64 Å². The number of anilines is 2. The molecule has 0 aliphatic heterocycles. The predicted octanol–water partition coefficient (Wildman–Crippen LogP) is 4.62. The first-order valence-corrected chi connectivity index (χ1v) is 10.3. The highest BCUT2D eigenvalue weighted by molar-refractivity contribution is 6.34. The molecule has 0 fully saturated rings. The zero-order valence-electron chi connectivity index (χ0n) is 17.9. The second-order valence-electron chi connectivity index (χ2n) is 7.36. The van der Waals surface area contributed by atoms with E-state index in [1.54, 1.807) is 24.4 Å². The summed E-state index contributed by atoms with van der Waals surface area (Å²) >= 11 is 5.99. The van der Waals surface area contributed by atoms with Gasteiger partial charge < -0.3 is 9.30 Å². The number of halogens is 1. The van der Waals surface area contributed by atoms with Gasteiger partial charge in [0, 0.05) is 29.5 Å². The van der Waals surface area contributed by atoms with E-state index in [2.05, 4.69) is 14.5 Å². The van der Waals surface area contributed by atoms with Crippen molar-refractivity contribution in [2.75, 3.05) is 12.0 Å². The van der Waals surface area contributed by atoms with Crippen molar-refractivity contribution < 1.29 is 14.3 Å². The van der Waals surface area contributed by atoms with Crippen LogP contribution in [-0.2, 0) is 16.1 Å². The molecule has 1 amide bonds. The van der Waals surface area contributed by atoms with Crippen LogP contribution in [0.4, 0.5) is 11.4 Å². The number of carbonyl (C=O) groups excluding carboxylic acids is 2. The van der Waals surface area contributed by atoms with Crippen LogP contribution in [0.2, 0.25) is 5.02 Å². The average Bonchev–Trinajstić information content (AvgIpc) is 3.06. The maximum absolute atomic E-state index is 12.9. The van der Waals surface area contributed by atoms with Crippen LogP contribution in [0.1, 0.15) is 17.0 Å². The molecule has 0 atom stereocenters. The van der Waals surface area contributed by atoms with Gasteiger partial charge >= 0.3 is 0 Å². The van der Waals surface area contributed by atoms with Gasteiger partial charge in [0.1, 0.15) is 0 Å². The van der Waals surface area contributed by atoms with Crippen LogP contribution in [-0.4, -0.2) is 33.8 Å². The molecule has 162 valence electrons. The van der Waals surface area contributed by atoms with E-state index < -0.39 is 5.91 Å². The predicted molar refractivity (Wildman–Crippen MR) is 124 cm³/mol. The number of fused-ring (bicyclic) bond motifs is 1. The van der Waals surface area contributed by atoms with Crippen LogP contribution in [0.25, 0.3) is 10.9 Å². The number of nitrogens with zero attached hydrogens (tertiary/aromatic N) is 4. The number of rotatable bonds is 6. The molecule has 3 aromatic heterocycles. The molecule has 4 rings (SSSR count). The van der Waals surface area contributed by atoms with E-state index in [9.17, 15) is 9.59 Å². The number of benzene rings is 1. The summed E-state index contributed by atoms with van der Waals surface area (Å²) in [6, 6.07) is 13.0. The standard InChI is InChI=1S/C24H21ClN4O3/c1-15-4-7-21-20(10-15)24(16(2)28(21)13-18-6-5-17(25)12-27-18)29(23(31)14-30)19-8-9-26-22(11-19)32-3/h4-12,14H,13H2,1-3H3. The molecule has 0 spiro atoms. The quantitative estimate of drug-likeness (QED) is 0.317. The Balaban J connectivity index is 1.96. The van der Waals surface area contributed by atoms with Crippen molar-refractivity contribution in [1.82, 2.24) is 14.5 Å². The number of aromatic nitrogens is 3. The summed E-state index contributed by atoms with van der Waals surface area (Å²) in [5, 5.41) is 1.41. The van der Waals surface area contributed by atoms with Crippen molar-refractivity contribution in [1.29, 1.82) is 0 Å². The first-order chi connectivity index (χ1) is 15.4. The molecule has 0 saturated carbocycles. The van der Waals surface area contributed by atoms with Crippen LogP contribution >= 0.6 is 11.6 Å². The van der Waals surface area contributed by atoms with Gasteiger partial charge in [-0.3, -0.25) is 19.5 Å². The van der Waals surface area contributed by atoms with Gasteiger partial charge in [-0.15, -0.1) is 0 Å². The normalized spacial score (nSPS) is 10.9. The Kier molecular flexibility index (Phi) is 5.92. The van der Waals surface area contributed by atoms with E-state index >= 15 is 0 Å². The minimum Gasteiger partial charge on any atom is -0.481 e. The molecule has 32 heavy (non-hydrogen) atoms. The molecule has 0 saturated heterocycles. The van der Waals surface area contributed by atoms with Crippen LogP contribution in [0.15, 0.2) is 54.9 Å². The number of aldehydes is 1. The van der Waals surface area contributed by atoms with Crippen molar-refractivity contribution in [3.05, 3.63) is 76.8 Å². The third kappa shape index (κ3) is 3.94. The lowest BCUT2D eigenvalue weighted by molar-refractivity contribution is -0.129. The summed E-state index contributed by atoms with van der Waals surface area (Å²) in [4.78, 5) is 34.4. The summed E-state index contributed by atoms with van der Waals surface area (Å²) in [5.41, 5.74) is 4.70. The van der Waals surface area contributed by atoms with E-state index in [1.807, 2.05) is 38.1 Å². The van der Waals surface area contributed by atoms with Crippen LogP contribution in [0, 0.1) is 13.8 Å². The molecular weight excluding hydrogens is 428 g/mol. The molecule has 0 unspecified atom stereocenters. The Labute approximate surface area is 190 Å². The van der Waals surface area contributed by atoms with Crippen LogP contribution in [0.5, 0.6) is 5.88 Å².